The molecule has 0 aliphatic carbocycles. The molecular weight excluding hydrogens is 808 g/mol. The maximum Gasteiger partial charge on any atom is 0.181 e. The maximum atomic E-state index is 11.0. The van der Waals surface area contributed by atoms with Gasteiger partial charge in [-0.1, -0.05) is 57.8 Å². The van der Waals surface area contributed by atoms with E-state index in [9.17, 15) is 9.90 Å². The number of hydrogen-bond donors (Lipinski definition) is 1. The molecule has 1 N–H and O–H groups in total. The first-order chi connectivity index (χ1) is 15.3. The molecular formula is C22H19Cl2I3N2O4. The van der Waals surface area contributed by atoms with Crippen molar-refractivity contribution in [2.24, 2.45) is 0 Å². The summed E-state index contributed by atoms with van der Waals surface area (Å²) in [6.45, 7) is 3.08. The molecule has 4 aromatic rings. The molecule has 176 valence electrons. The smallest absolute Gasteiger partial charge is 0.181 e. The number of rotatable bonds is 4. The van der Waals surface area contributed by atoms with Crippen LogP contribution >= 0.6 is 84.4 Å². The summed E-state index contributed by atoms with van der Waals surface area (Å²) in [5, 5.41) is 18.0. The summed E-state index contributed by atoms with van der Waals surface area (Å²) >= 11 is 15.9. The Hall–Kier alpha value is -0.740. The number of benzene rings is 2. The minimum absolute atomic E-state index is 0. The highest BCUT2D eigenvalue weighted by Gasteiger charge is 2.11. The zero-order valence-corrected chi connectivity index (χ0v) is 25.5. The Balaban J connectivity index is 0.000000299. The summed E-state index contributed by atoms with van der Waals surface area (Å²) in [4.78, 5) is 11.0. The number of carbonyl (C=O) groups excluding carboxylic acids is 1. The Labute approximate surface area is 241 Å². The number of aliphatic hydroxyl groups excluding tert-OH is 1. The van der Waals surface area contributed by atoms with Crippen LogP contribution in [0.4, 0.5) is 0 Å². The van der Waals surface area contributed by atoms with Gasteiger partial charge in [-0.15, -0.1) is 24.0 Å². The maximum absolute atomic E-state index is 11.0. The lowest BCUT2D eigenvalue weighted by Gasteiger charge is -1.95. The van der Waals surface area contributed by atoms with Crippen LogP contribution in [-0.4, -0.2) is 21.2 Å². The van der Waals surface area contributed by atoms with E-state index in [1.54, 1.807) is 43.3 Å². The van der Waals surface area contributed by atoms with Crippen LogP contribution in [-0.2, 0) is 0 Å². The number of halogens is 5. The molecule has 2 heterocycles. The normalized spacial score (nSPS) is 10.6. The molecule has 0 amide bonds. The molecule has 0 spiro atoms. The first-order valence-electron chi connectivity index (χ1n) is 9.12. The molecule has 33 heavy (non-hydrogen) atoms. The molecule has 0 unspecified atom stereocenters. The number of ketones is 1. The van der Waals surface area contributed by atoms with E-state index in [1.807, 2.05) is 24.3 Å². The molecule has 0 bridgehead atoms. The molecule has 0 saturated carbocycles. The fourth-order valence-electron chi connectivity index (χ4n) is 2.48. The van der Waals surface area contributed by atoms with Gasteiger partial charge in [-0.25, -0.2) is 0 Å². The topological polar surface area (TPSA) is 89.4 Å². The van der Waals surface area contributed by atoms with E-state index in [4.69, 9.17) is 32.2 Å². The quantitative estimate of drug-likeness (QED) is 0.164. The highest BCUT2D eigenvalue weighted by Crippen LogP contribution is 2.25. The largest absolute Gasteiger partial charge is 0.387 e. The van der Waals surface area contributed by atoms with Gasteiger partial charge in [-0.05, 0) is 31.2 Å². The molecule has 4 rings (SSSR count). The molecule has 11 heteroatoms. The van der Waals surface area contributed by atoms with Crippen molar-refractivity contribution in [2.75, 3.05) is 0 Å². The molecule has 2 aromatic heterocycles. The summed E-state index contributed by atoms with van der Waals surface area (Å²) in [6.07, 6.45) is -0.623. The van der Waals surface area contributed by atoms with E-state index >= 15 is 0 Å². The Kier molecular flexibility index (Phi) is 14.0. The SMILES string of the molecule is CC(=O)c1cc(-c2cccc(Cl)c2)on1.C[C@@H](O)c1cc(-c2cccc(Cl)c2)on1.I.II. The van der Waals surface area contributed by atoms with Gasteiger partial charge in [0.2, 0.25) is 0 Å². The minimum atomic E-state index is -0.623. The van der Waals surface area contributed by atoms with Crippen molar-refractivity contribution in [1.82, 2.24) is 10.3 Å². The van der Waals surface area contributed by atoms with Gasteiger partial charge in [0, 0.05) is 77.5 Å². The lowest BCUT2D eigenvalue weighted by molar-refractivity contribution is 0.100. The highest BCUT2D eigenvalue weighted by molar-refractivity contribution is 15.0. The van der Waals surface area contributed by atoms with E-state index in [0.29, 0.717) is 33.0 Å². The fourth-order valence-corrected chi connectivity index (χ4v) is 2.86. The summed E-state index contributed by atoms with van der Waals surface area (Å²) in [5.41, 5.74) is 2.50. The van der Waals surface area contributed by atoms with Crippen molar-refractivity contribution in [3.05, 3.63) is 82.1 Å². The summed E-state index contributed by atoms with van der Waals surface area (Å²) in [6, 6.07) is 17.8. The van der Waals surface area contributed by atoms with E-state index in [2.05, 4.69) is 47.5 Å². The molecule has 0 saturated heterocycles. The van der Waals surface area contributed by atoms with Crippen LogP contribution in [0.15, 0.2) is 69.7 Å². The Morgan fingerprint density at radius 3 is 1.79 bits per heavy atom. The van der Waals surface area contributed by atoms with Crippen LogP contribution in [0.2, 0.25) is 10.0 Å². The van der Waals surface area contributed by atoms with Crippen molar-refractivity contribution >= 4 is 90.2 Å². The number of carbonyl (C=O) groups is 1. The van der Waals surface area contributed by atoms with Gasteiger partial charge in [0.05, 0.1) is 6.10 Å². The zero-order chi connectivity index (χ0) is 23.7. The standard InChI is InChI=1S/C11H10ClNO2.C11H8ClNO2.I2.HI/c2*1-7(14)10-6-11(15-13-10)8-3-2-4-9(12)5-8;1-2;/h2-7,14H,1H3;2-6H,1H3;;1H/t7-;;;/m1.../s1. The fraction of sp³-hybridized carbons (Fsp3) is 0.136. The Morgan fingerprint density at radius 2 is 1.39 bits per heavy atom. The third-order valence-electron chi connectivity index (χ3n) is 4.05. The first kappa shape index (κ1) is 30.3. The van der Waals surface area contributed by atoms with E-state index in [0.717, 1.165) is 11.1 Å². The molecule has 0 aliphatic heterocycles. The van der Waals surface area contributed by atoms with Crippen LogP contribution in [0.1, 0.15) is 36.1 Å². The summed E-state index contributed by atoms with van der Waals surface area (Å²) in [7, 11) is 0. The zero-order valence-electron chi connectivity index (χ0n) is 17.3. The van der Waals surface area contributed by atoms with Crippen molar-refractivity contribution in [2.45, 2.75) is 20.0 Å². The van der Waals surface area contributed by atoms with Crippen LogP contribution in [0.3, 0.4) is 0 Å². The van der Waals surface area contributed by atoms with Crippen molar-refractivity contribution in [3.8, 4) is 22.6 Å². The van der Waals surface area contributed by atoms with Crippen LogP contribution in [0.5, 0.6) is 0 Å². The van der Waals surface area contributed by atoms with Crippen LogP contribution in [0, 0.1) is 0 Å². The number of nitrogens with zero attached hydrogens (tertiary/aromatic N) is 2. The molecule has 0 aliphatic rings. The van der Waals surface area contributed by atoms with Gasteiger partial charge in [0.25, 0.3) is 0 Å². The molecule has 1 atom stereocenters. The summed E-state index contributed by atoms with van der Waals surface area (Å²) < 4.78 is 10.1. The number of aliphatic hydroxyl groups is 1. The third-order valence-corrected chi connectivity index (χ3v) is 4.52. The van der Waals surface area contributed by atoms with Crippen molar-refractivity contribution < 1.29 is 18.9 Å². The lowest BCUT2D eigenvalue weighted by atomic mass is 10.1. The number of hydrogen-bond acceptors (Lipinski definition) is 6. The lowest BCUT2D eigenvalue weighted by Crippen LogP contribution is -1.89. The van der Waals surface area contributed by atoms with Gasteiger partial charge < -0.3 is 14.2 Å². The van der Waals surface area contributed by atoms with Gasteiger partial charge in [-0.3, -0.25) is 4.79 Å². The average Bonchev–Trinajstić information content (AvgIpc) is 3.46. The molecule has 0 fully saturated rings. The van der Waals surface area contributed by atoms with E-state index in [-0.39, 0.29) is 29.8 Å². The average molecular weight is 827 g/mol. The van der Waals surface area contributed by atoms with Gasteiger partial charge in [0.15, 0.2) is 17.3 Å². The van der Waals surface area contributed by atoms with E-state index in [1.165, 1.54) is 6.92 Å². The minimum Gasteiger partial charge on any atom is -0.387 e. The van der Waals surface area contributed by atoms with Crippen LogP contribution in [0.25, 0.3) is 22.6 Å². The Morgan fingerprint density at radius 1 is 0.909 bits per heavy atom. The number of Topliss-reactive ketones (excluding diaryl/α,β-unsaturated/α-hetero) is 1. The second-order valence-electron chi connectivity index (χ2n) is 6.45. The van der Waals surface area contributed by atoms with Crippen molar-refractivity contribution in [3.63, 3.8) is 0 Å². The second-order valence-corrected chi connectivity index (χ2v) is 7.32. The highest BCUT2D eigenvalue weighted by atomic mass is 128. The predicted molar refractivity (Wildman–Crippen MR) is 158 cm³/mol. The van der Waals surface area contributed by atoms with Gasteiger partial charge in [0.1, 0.15) is 11.4 Å². The first-order valence-corrected chi connectivity index (χ1v) is 16.2. The van der Waals surface area contributed by atoms with Crippen LogP contribution < -0.4 is 0 Å². The number of aromatic nitrogens is 2. The molecule has 0 radical (unpaired) electrons. The second kappa shape index (κ2) is 15.3. The predicted octanol–water partition coefficient (Wildman–Crippen LogP) is 8.64. The molecule has 6 nitrogen and oxygen atoms in total. The third kappa shape index (κ3) is 9.43. The Bertz CT molecular complexity index is 1170. The van der Waals surface area contributed by atoms with Crippen molar-refractivity contribution in [1.29, 1.82) is 0 Å². The van der Waals surface area contributed by atoms with Gasteiger partial charge >= 0.3 is 0 Å². The van der Waals surface area contributed by atoms with Gasteiger partial charge in [-0.2, -0.15) is 0 Å². The monoisotopic (exact) mass is 826 g/mol. The summed E-state index contributed by atoms with van der Waals surface area (Å²) in [5.74, 6) is 1.03. The van der Waals surface area contributed by atoms with E-state index < -0.39 is 6.10 Å². The molecule has 2 aromatic carbocycles.